The van der Waals surface area contributed by atoms with E-state index in [9.17, 15) is 18.0 Å². The van der Waals surface area contributed by atoms with Crippen molar-refractivity contribution in [2.24, 2.45) is 0 Å². The second-order valence-electron chi connectivity index (χ2n) is 6.71. The summed E-state index contributed by atoms with van der Waals surface area (Å²) < 4.78 is 33.0. The first kappa shape index (κ1) is 22.7. The first-order chi connectivity index (χ1) is 15.7. The number of ether oxygens (including phenoxy) is 1. The van der Waals surface area contributed by atoms with Crippen molar-refractivity contribution in [2.75, 3.05) is 12.4 Å². The zero-order chi connectivity index (χ0) is 23.8. The van der Waals surface area contributed by atoms with Gasteiger partial charge in [-0.2, -0.15) is 0 Å². The van der Waals surface area contributed by atoms with Crippen molar-refractivity contribution < 1.29 is 17.9 Å². The Morgan fingerprint density at radius 3 is 2.61 bits per heavy atom. The average Bonchev–Trinajstić information content (AvgIpc) is 3.22. The molecule has 0 aliphatic rings. The minimum absolute atomic E-state index is 0.0913. The van der Waals surface area contributed by atoms with Gasteiger partial charge in [0.1, 0.15) is 21.6 Å². The number of halogens is 1. The number of hydrogen-bond acceptors (Lipinski definition) is 8. The van der Waals surface area contributed by atoms with Gasteiger partial charge in [-0.05, 0) is 49.4 Å². The highest BCUT2D eigenvalue weighted by Gasteiger charge is 2.20. The largest absolute Gasteiger partial charge is 0.497 e. The van der Waals surface area contributed by atoms with Gasteiger partial charge in [0.2, 0.25) is 0 Å². The Labute approximate surface area is 196 Å². The van der Waals surface area contributed by atoms with E-state index in [4.69, 9.17) is 16.3 Å². The molecule has 2 amide bonds. The van der Waals surface area contributed by atoms with Crippen LogP contribution in [0.25, 0.3) is 16.7 Å². The van der Waals surface area contributed by atoms with Crippen LogP contribution in [0.3, 0.4) is 0 Å². The van der Waals surface area contributed by atoms with Crippen LogP contribution in [0.15, 0.2) is 57.7 Å². The van der Waals surface area contributed by atoms with E-state index in [0.717, 1.165) is 11.3 Å². The minimum atomic E-state index is -4.06. The number of carbonyl (C=O) groups is 1. The van der Waals surface area contributed by atoms with Crippen LogP contribution in [-0.4, -0.2) is 36.1 Å². The molecular weight excluding hydrogens is 490 g/mol. The average molecular weight is 506 g/mol. The lowest BCUT2D eigenvalue weighted by molar-refractivity contribution is 0.256. The fraction of sp³-hybridized carbons (Fsp3) is 0.100. The Bertz CT molecular complexity index is 1530. The highest BCUT2D eigenvalue weighted by Crippen LogP contribution is 2.25. The van der Waals surface area contributed by atoms with Gasteiger partial charge in [-0.1, -0.05) is 11.6 Å². The summed E-state index contributed by atoms with van der Waals surface area (Å²) in [5.74, 6) is 1.22. The van der Waals surface area contributed by atoms with Crippen molar-refractivity contribution in [1.82, 2.24) is 19.3 Å². The SMILES string of the molecule is COc1ccc2nc(C)n(-c3ccc(NC(=O)NS(=O)(=O)c4ccc(Cl)s4)cn3)c(=O)c2c1. The molecule has 4 rings (SSSR count). The smallest absolute Gasteiger partial charge is 0.333 e. The molecule has 0 aliphatic carbocycles. The number of methoxy groups -OCH3 is 1. The highest BCUT2D eigenvalue weighted by atomic mass is 35.5. The molecule has 2 N–H and O–H groups in total. The van der Waals surface area contributed by atoms with Gasteiger partial charge in [-0.3, -0.25) is 4.79 Å². The number of aryl methyl sites for hydroxylation is 1. The Kier molecular flexibility index (Phi) is 6.06. The lowest BCUT2D eigenvalue weighted by Crippen LogP contribution is -2.34. The maximum atomic E-state index is 13.0. The first-order valence-electron chi connectivity index (χ1n) is 9.31. The van der Waals surface area contributed by atoms with E-state index in [1.165, 1.54) is 42.1 Å². The molecule has 10 nitrogen and oxygen atoms in total. The summed E-state index contributed by atoms with van der Waals surface area (Å²) in [6, 6.07) is 9.75. The third-order valence-corrected chi connectivity index (χ3v) is 7.57. The molecule has 4 aromatic rings. The van der Waals surface area contributed by atoms with Crippen LogP contribution in [0.4, 0.5) is 10.5 Å². The van der Waals surface area contributed by atoms with Gasteiger partial charge in [0.05, 0.1) is 34.2 Å². The van der Waals surface area contributed by atoms with Gasteiger partial charge in [0.25, 0.3) is 15.6 Å². The highest BCUT2D eigenvalue weighted by molar-refractivity contribution is 7.92. The summed E-state index contributed by atoms with van der Waals surface area (Å²) in [4.78, 5) is 33.8. The number of sulfonamides is 1. The summed E-state index contributed by atoms with van der Waals surface area (Å²) in [5.41, 5.74) is 0.414. The molecule has 0 unspecified atom stereocenters. The molecule has 0 bridgehead atoms. The maximum absolute atomic E-state index is 13.0. The molecule has 1 aromatic carbocycles. The van der Waals surface area contributed by atoms with Crippen LogP contribution >= 0.6 is 22.9 Å². The van der Waals surface area contributed by atoms with E-state index in [1.807, 2.05) is 4.72 Å². The summed E-state index contributed by atoms with van der Waals surface area (Å²) in [6.45, 7) is 1.67. The summed E-state index contributed by atoms with van der Waals surface area (Å²) in [5, 5.41) is 2.75. The molecule has 0 saturated heterocycles. The Morgan fingerprint density at radius 2 is 1.97 bits per heavy atom. The second kappa shape index (κ2) is 8.81. The Hall–Kier alpha value is -3.48. The predicted octanol–water partition coefficient (Wildman–Crippen LogP) is 3.32. The van der Waals surface area contributed by atoms with Crippen LogP contribution in [-0.2, 0) is 10.0 Å². The van der Waals surface area contributed by atoms with Crippen LogP contribution < -0.4 is 20.3 Å². The van der Waals surface area contributed by atoms with Gasteiger partial charge in [0.15, 0.2) is 0 Å². The monoisotopic (exact) mass is 505 g/mol. The third-order valence-electron chi connectivity index (χ3n) is 4.52. The van der Waals surface area contributed by atoms with E-state index >= 15 is 0 Å². The molecule has 170 valence electrons. The standard InChI is InChI=1S/C20H16ClN5O5S2/c1-11-23-15-5-4-13(31-2)9-14(15)19(27)26(11)17-7-3-12(10-22-17)24-20(28)25-33(29,30)18-8-6-16(21)32-18/h3-10H,1-2H3,(H2,24,25,28). The number of pyridine rings is 1. The zero-order valence-corrected chi connectivity index (χ0v) is 19.6. The van der Waals surface area contributed by atoms with Crippen LogP contribution in [0, 0.1) is 6.92 Å². The molecule has 3 heterocycles. The van der Waals surface area contributed by atoms with Crippen LogP contribution in [0.2, 0.25) is 4.34 Å². The molecular formula is C20H16ClN5O5S2. The lowest BCUT2D eigenvalue weighted by Gasteiger charge is -2.12. The predicted molar refractivity (Wildman–Crippen MR) is 125 cm³/mol. The van der Waals surface area contributed by atoms with Gasteiger partial charge < -0.3 is 10.1 Å². The maximum Gasteiger partial charge on any atom is 0.333 e. The molecule has 13 heteroatoms. The van der Waals surface area contributed by atoms with Crippen molar-refractivity contribution in [1.29, 1.82) is 0 Å². The molecule has 0 aliphatic heterocycles. The fourth-order valence-corrected chi connectivity index (χ4v) is 5.43. The summed E-state index contributed by atoms with van der Waals surface area (Å²) in [7, 11) is -2.55. The number of aromatic nitrogens is 3. The number of benzene rings is 1. The fourth-order valence-electron chi connectivity index (χ4n) is 3.04. The number of anilines is 1. The number of rotatable bonds is 5. The molecule has 0 saturated carbocycles. The van der Waals surface area contributed by atoms with Gasteiger partial charge in [-0.25, -0.2) is 32.5 Å². The van der Waals surface area contributed by atoms with Crippen LogP contribution in [0.1, 0.15) is 5.82 Å². The van der Waals surface area contributed by atoms with E-state index in [0.29, 0.717) is 22.5 Å². The number of amides is 2. The van der Waals surface area contributed by atoms with E-state index in [-0.39, 0.29) is 25.6 Å². The van der Waals surface area contributed by atoms with Crippen molar-refractivity contribution in [3.8, 4) is 11.6 Å². The van der Waals surface area contributed by atoms with Crippen molar-refractivity contribution in [2.45, 2.75) is 11.1 Å². The molecule has 0 radical (unpaired) electrons. The molecule has 33 heavy (non-hydrogen) atoms. The molecule has 0 spiro atoms. The normalized spacial score (nSPS) is 11.4. The molecule has 3 aromatic heterocycles. The van der Waals surface area contributed by atoms with E-state index in [2.05, 4.69) is 15.3 Å². The van der Waals surface area contributed by atoms with Crippen LogP contribution in [0.5, 0.6) is 5.75 Å². The van der Waals surface area contributed by atoms with Crippen molar-refractivity contribution in [3.05, 3.63) is 69.2 Å². The Balaban J connectivity index is 1.57. The number of urea groups is 1. The minimum Gasteiger partial charge on any atom is -0.497 e. The molecule has 0 atom stereocenters. The van der Waals surface area contributed by atoms with Gasteiger partial charge in [-0.15, -0.1) is 11.3 Å². The zero-order valence-electron chi connectivity index (χ0n) is 17.2. The summed E-state index contributed by atoms with van der Waals surface area (Å²) in [6.07, 6.45) is 1.30. The first-order valence-corrected chi connectivity index (χ1v) is 12.0. The van der Waals surface area contributed by atoms with E-state index in [1.54, 1.807) is 25.1 Å². The summed E-state index contributed by atoms with van der Waals surface area (Å²) >= 11 is 6.57. The topological polar surface area (TPSA) is 132 Å². The lowest BCUT2D eigenvalue weighted by atomic mass is 10.2. The van der Waals surface area contributed by atoms with E-state index < -0.39 is 16.1 Å². The second-order valence-corrected chi connectivity index (χ2v) is 10.3. The Morgan fingerprint density at radius 1 is 1.18 bits per heavy atom. The number of nitrogens with zero attached hydrogens (tertiary/aromatic N) is 3. The van der Waals surface area contributed by atoms with Crippen molar-refractivity contribution in [3.63, 3.8) is 0 Å². The quantitative estimate of drug-likeness (QED) is 0.425. The number of thiophene rings is 1. The van der Waals surface area contributed by atoms with Gasteiger partial charge in [0, 0.05) is 0 Å². The third kappa shape index (κ3) is 4.67. The number of hydrogen-bond donors (Lipinski definition) is 2. The molecule has 0 fully saturated rings. The van der Waals surface area contributed by atoms with Crippen molar-refractivity contribution >= 4 is 55.6 Å². The number of fused-ring (bicyclic) bond motifs is 1. The number of carbonyl (C=O) groups excluding carboxylic acids is 1. The van der Waals surface area contributed by atoms with Gasteiger partial charge >= 0.3 is 6.03 Å². The number of nitrogens with one attached hydrogen (secondary N) is 2.